The monoisotopic (exact) mass is 328 g/mol. The van der Waals surface area contributed by atoms with Gasteiger partial charge in [-0.2, -0.15) is 0 Å². The van der Waals surface area contributed by atoms with Gasteiger partial charge in [-0.25, -0.2) is 9.37 Å². The summed E-state index contributed by atoms with van der Waals surface area (Å²) in [6.07, 6.45) is 1.88. The quantitative estimate of drug-likeness (QED) is 0.725. The van der Waals surface area contributed by atoms with Crippen LogP contribution in [0, 0.1) is 5.82 Å². The van der Waals surface area contributed by atoms with Crippen molar-refractivity contribution in [3.8, 4) is 10.6 Å². The summed E-state index contributed by atoms with van der Waals surface area (Å²) >= 11 is 1.66. The van der Waals surface area contributed by atoms with Gasteiger partial charge in [-0.05, 0) is 17.7 Å². The lowest BCUT2D eigenvalue weighted by atomic mass is 10.1. The van der Waals surface area contributed by atoms with Crippen LogP contribution in [0.3, 0.4) is 0 Å². The second-order valence-corrected chi connectivity index (χ2v) is 6.30. The van der Waals surface area contributed by atoms with E-state index in [0.29, 0.717) is 18.7 Å². The van der Waals surface area contributed by atoms with Gasteiger partial charge in [0, 0.05) is 35.3 Å². The van der Waals surface area contributed by atoms with Gasteiger partial charge in [0.05, 0.1) is 6.61 Å². The Labute approximate surface area is 138 Å². The third kappa shape index (κ3) is 4.01. The maximum absolute atomic E-state index is 13.3. The first-order chi connectivity index (χ1) is 11.3. The van der Waals surface area contributed by atoms with Gasteiger partial charge in [0.15, 0.2) is 0 Å². The Balaban J connectivity index is 1.58. The Kier molecular flexibility index (Phi) is 5.12. The van der Waals surface area contributed by atoms with E-state index in [-0.39, 0.29) is 12.4 Å². The Morgan fingerprint density at radius 2 is 1.91 bits per heavy atom. The SMILES string of the molecule is OCc1cc(CNCc2cnc(-c3ccccc3)s2)ccc1F. The number of rotatable bonds is 6. The number of aliphatic hydroxyl groups excluding tert-OH is 1. The smallest absolute Gasteiger partial charge is 0.128 e. The van der Waals surface area contributed by atoms with E-state index in [0.717, 1.165) is 21.0 Å². The molecule has 118 valence electrons. The molecule has 0 aliphatic heterocycles. The molecule has 2 N–H and O–H groups in total. The number of hydrogen-bond acceptors (Lipinski definition) is 4. The summed E-state index contributed by atoms with van der Waals surface area (Å²) in [5.41, 5.74) is 2.39. The minimum atomic E-state index is -0.369. The Morgan fingerprint density at radius 3 is 2.70 bits per heavy atom. The molecule has 5 heteroatoms. The maximum Gasteiger partial charge on any atom is 0.128 e. The van der Waals surface area contributed by atoms with Crippen LogP contribution >= 0.6 is 11.3 Å². The predicted molar refractivity (Wildman–Crippen MR) is 90.4 cm³/mol. The third-order valence-electron chi connectivity index (χ3n) is 3.48. The zero-order chi connectivity index (χ0) is 16.1. The van der Waals surface area contributed by atoms with Gasteiger partial charge in [-0.3, -0.25) is 0 Å². The van der Waals surface area contributed by atoms with Crippen molar-refractivity contribution in [1.82, 2.24) is 10.3 Å². The normalized spacial score (nSPS) is 10.9. The third-order valence-corrected chi connectivity index (χ3v) is 4.53. The van der Waals surface area contributed by atoms with Gasteiger partial charge in [0.1, 0.15) is 10.8 Å². The van der Waals surface area contributed by atoms with E-state index < -0.39 is 0 Å². The summed E-state index contributed by atoms with van der Waals surface area (Å²) in [4.78, 5) is 5.59. The summed E-state index contributed by atoms with van der Waals surface area (Å²) in [6.45, 7) is 1.04. The van der Waals surface area contributed by atoms with E-state index in [1.54, 1.807) is 23.5 Å². The van der Waals surface area contributed by atoms with Crippen LogP contribution in [-0.2, 0) is 19.7 Å². The van der Waals surface area contributed by atoms with E-state index >= 15 is 0 Å². The maximum atomic E-state index is 13.3. The fourth-order valence-electron chi connectivity index (χ4n) is 2.29. The molecule has 2 aromatic carbocycles. The van der Waals surface area contributed by atoms with Crippen molar-refractivity contribution in [2.45, 2.75) is 19.7 Å². The summed E-state index contributed by atoms with van der Waals surface area (Å²) in [6, 6.07) is 14.9. The number of nitrogens with zero attached hydrogens (tertiary/aromatic N) is 1. The highest BCUT2D eigenvalue weighted by molar-refractivity contribution is 7.15. The molecule has 1 heterocycles. The van der Waals surface area contributed by atoms with Gasteiger partial charge in [-0.15, -0.1) is 11.3 Å². The summed E-state index contributed by atoms with van der Waals surface area (Å²) in [5, 5.41) is 13.4. The van der Waals surface area contributed by atoms with Crippen LogP contribution in [0.2, 0.25) is 0 Å². The number of thiazole rings is 1. The second kappa shape index (κ2) is 7.46. The molecule has 0 saturated carbocycles. The van der Waals surface area contributed by atoms with Gasteiger partial charge in [0.25, 0.3) is 0 Å². The molecule has 0 atom stereocenters. The van der Waals surface area contributed by atoms with Gasteiger partial charge in [-0.1, -0.05) is 36.4 Å². The highest BCUT2D eigenvalue weighted by atomic mass is 32.1. The van der Waals surface area contributed by atoms with Crippen molar-refractivity contribution in [3.63, 3.8) is 0 Å². The second-order valence-electron chi connectivity index (χ2n) is 5.19. The number of aromatic nitrogens is 1. The lowest BCUT2D eigenvalue weighted by Gasteiger charge is -2.06. The first kappa shape index (κ1) is 15.8. The molecule has 3 rings (SSSR count). The van der Waals surface area contributed by atoms with Crippen LogP contribution in [-0.4, -0.2) is 10.1 Å². The molecule has 1 aromatic heterocycles. The van der Waals surface area contributed by atoms with Crippen molar-refractivity contribution < 1.29 is 9.50 Å². The molecule has 0 amide bonds. The summed E-state index contributed by atoms with van der Waals surface area (Å²) < 4.78 is 13.3. The van der Waals surface area contributed by atoms with Gasteiger partial charge in [0.2, 0.25) is 0 Å². The molecular formula is C18H17FN2OS. The number of aliphatic hydroxyl groups is 1. The van der Waals surface area contributed by atoms with Gasteiger partial charge >= 0.3 is 0 Å². The first-order valence-corrected chi connectivity index (χ1v) is 8.17. The molecule has 3 nitrogen and oxygen atoms in total. The molecule has 0 spiro atoms. The minimum Gasteiger partial charge on any atom is -0.392 e. The molecule has 0 bridgehead atoms. The molecule has 0 saturated heterocycles. The van der Waals surface area contributed by atoms with Crippen LogP contribution in [0.15, 0.2) is 54.7 Å². The standard InChI is InChI=1S/C18H17FN2OS/c19-17-7-6-13(8-15(17)12-22)9-20-10-16-11-21-18(23-16)14-4-2-1-3-5-14/h1-8,11,20,22H,9-10,12H2. The molecule has 0 radical (unpaired) electrons. The Bertz CT molecular complexity index is 774. The molecule has 23 heavy (non-hydrogen) atoms. The summed E-state index contributed by atoms with van der Waals surface area (Å²) in [5.74, 6) is -0.369. The van der Waals surface area contributed by atoms with Crippen LogP contribution < -0.4 is 5.32 Å². The molecule has 0 aliphatic rings. The predicted octanol–water partition coefficient (Wildman–Crippen LogP) is 3.73. The molecular weight excluding hydrogens is 311 g/mol. The molecule has 3 aromatic rings. The average Bonchev–Trinajstić information content (AvgIpc) is 3.06. The Morgan fingerprint density at radius 1 is 1.09 bits per heavy atom. The van der Waals surface area contributed by atoms with Crippen LogP contribution in [0.1, 0.15) is 16.0 Å². The van der Waals surface area contributed by atoms with Crippen LogP contribution in [0.4, 0.5) is 4.39 Å². The lowest BCUT2D eigenvalue weighted by molar-refractivity contribution is 0.275. The topological polar surface area (TPSA) is 45.1 Å². The van der Waals surface area contributed by atoms with Crippen molar-refractivity contribution in [2.24, 2.45) is 0 Å². The summed E-state index contributed by atoms with van der Waals surface area (Å²) in [7, 11) is 0. The fourth-order valence-corrected chi connectivity index (χ4v) is 3.18. The number of nitrogens with one attached hydrogen (secondary N) is 1. The highest BCUT2D eigenvalue weighted by Gasteiger charge is 2.05. The highest BCUT2D eigenvalue weighted by Crippen LogP contribution is 2.24. The zero-order valence-corrected chi connectivity index (χ0v) is 13.3. The van der Waals surface area contributed by atoms with E-state index in [9.17, 15) is 4.39 Å². The zero-order valence-electron chi connectivity index (χ0n) is 12.5. The first-order valence-electron chi connectivity index (χ1n) is 7.35. The van der Waals surface area contributed by atoms with E-state index in [1.165, 1.54) is 6.07 Å². The van der Waals surface area contributed by atoms with Crippen molar-refractivity contribution in [2.75, 3.05) is 0 Å². The van der Waals surface area contributed by atoms with E-state index in [1.807, 2.05) is 36.5 Å². The molecule has 0 fully saturated rings. The number of halogens is 1. The minimum absolute atomic E-state index is 0.283. The van der Waals surface area contributed by atoms with Crippen molar-refractivity contribution in [1.29, 1.82) is 0 Å². The largest absolute Gasteiger partial charge is 0.392 e. The lowest BCUT2D eigenvalue weighted by Crippen LogP contribution is -2.12. The average molecular weight is 328 g/mol. The van der Waals surface area contributed by atoms with Crippen molar-refractivity contribution >= 4 is 11.3 Å². The molecule has 0 aliphatic carbocycles. The van der Waals surface area contributed by atoms with Crippen molar-refractivity contribution in [3.05, 3.63) is 76.5 Å². The number of hydrogen-bond donors (Lipinski definition) is 2. The van der Waals surface area contributed by atoms with E-state index in [2.05, 4.69) is 10.3 Å². The number of benzene rings is 2. The molecule has 0 unspecified atom stereocenters. The van der Waals surface area contributed by atoms with Crippen LogP contribution in [0.5, 0.6) is 0 Å². The Hall–Kier alpha value is -2.08. The van der Waals surface area contributed by atoms with Crippen LogP contribution in [0.25, 0.3) is 10.6 Å². The fraction of sp³-hybridized carbons (Fsp3) is 0.167. The van der Waals surface area contributed by atoms with Gasteiger partial charge < -0.3 is 10.4 Å². The van der Waals surface area contributed by atoms with E-state index in [4.69, 9.17) is 5.11 Å².